The van der Waals surface area contributed by atoms with E-state index in [1.165, 1.54) is 24.8 Å². The Morgan fingerprint density at radius 1 is 1.23 bits per heavy atom. The molecule has 0 saturated carbocycles. The normalized spacial score (nSPS) is 27.8. The summed E-state index contributed by atoms with van der Waals surface area (Å²) in [6.07, 6.45) is 3.85. The fourth-order valence-electron chi connectivity index (χ4n) is 2.08. The van der Waals surface area contributed by atoms with Crippen molar-refractivity contribution in [3.8, 4) is 0 Å². The number of benzene rings is 1. The molecular weight excluding hydrogens is 158 g/mol. The number of hydrogen-bond donors (Lipinski definition) is 1. The molecule has 1 aromatic carbocycles. The summed E-state index contributed by atoms with van der Waals surface area (Å²) in [5, 5.41) is 3.60. The van der Waals surface area contributed by atoms with Crippen LogP contribution < -0.4 is 5.32 Å². The first-order valence-corrected chi connectivity index (χ1v) is 5.14. The minimum Gasteiger partial charge on any atom is -0.311 e. The fraction of sp³-hybridized carbons (Fsp3) is 0.500. The smallest absolute Gasteiger partial charge is 0.0110 e. The van der Waals surface area contributed by atoms with Crippen LogP contribution in [0.5, 0.6) is 0 Å². The van der Waals surface area contributed by atoms with Crippen molar-refractivity contribution in [1.82, 2.24) is 5.32 Å². The molecule has 0 aromatic heterocycles. The van der Waals surface area contributed by atoms with E-state index in [4.69, 9.17) is 0 Å². The standard InChI is InChI=1S/C12H17N/c1-10-7-8-12(13-10)9-11-5-3-2-4-6-11/h2-6,10,12-13H,7-9H2,1H3/t10-,12-/m1/s1. The Hall–Kier alpha value is -0.820. The van der Waals surface area contributed by atoms with E-state index in [1.807, 2.05) is 0 Å². The molecule has 0 unspecified atom stereocenters. The molecule has 0 radical (unpaired) electrons. The van der Waals surface area contributed by atoms with Gasteiger partial charge in [-0.3, -0.25) is 0 Å². The van der Waals surface area contributed by atoms with Crippen LogP contribution in [0.4, 0.5) is 0 Å². The zero-order chi connectivity index (χ0) is 9.10. The zero-order valence-electron chi connectivity index (χ0n) is 8.16. The van der Waals surface area contributed by atoms with Crippen LogP contribution in [0.15, 0.2) is 30.3 Å². The van der Waals surface area contributed by atoms with Gasteiger partial charge in [0.1, 0.15) is 0 Å². The molecule has 0 spiro atoms. The molecule has 1 heteroatoms. The van der Waals surface area contributed by atoms with E-state index < -0.39 is 0 Å². The maximum absolute atomic E-state index is 3.60. The molecule has 0 amide bonds. The lowest BCUT2D eigenvalue weighted by molar-refractivity contribution is 0.558. The Morgan fingerprint density at radius 2 is 2.00 bits per heavy atom. The molecule has 2 atom stereocenters. The Labute approximate surface area is 80.2 Å². The summed E-state index contributed by atoms with van der Waals surface area (Å²) < 4.78 is 0. The third kappa shape index (κ3) is 2.31. The Bertz CT molecular complexity index is 255. The molecular formula is C12H17N. The maximum Gasteiger partial charge on any atom is 0.0110 e. The second-order valence-corrected chi connectivity index (χ2v) is 4.03. The summed E-state index contributed by atoms with van der Waals surface area (Å²) in [4.78, 5) is 0. The minimum atomic E-state index is 0.706. The van der Waals surface area contributed by atoms with Crippen LogP contribution in [0.25, 0.3) is 0 Å². The third-order valence-electron chi connectivity index (χ3n) is 2.79. The lowest BCUT2D eigenvalue weighted by atomic mass is 10.1. The summed E-state index contributed by atoms with van der Waals surface area (Å²) >= 11 is 0. The first kappa shape index (κ1) is 8.76. The second-order valence-electron chi connectivity index (χ2n) is 4.03. The molecule has 1 aliphatic rings. The summed E-state index contributed by atoms with van der Waals surface area (Å²) in [5.74, 6) is 0. The topological polar surface area (TPSA) is 12.0 Å². The van der Waals surface area contributed by atoms with Crippen molar-refractivity contribution in [2.24, 2.45) is 0 Å². The molecule has 1 N–H and O–H groups in total. The van der Waals surface area contributed by atoms with Crippen LogP contribution in [-0.4, -0.2) is 12.1 Å². The van der Waals surface area contributed by atoms with E-state index in [9.17, 15) is 0 Å². The van der Waals surface area contributed by atoms with Gasteiger partial charge in [0.2, 0.25) is 0 Å². The van der Waals surface area contributed by atoms with Gasteiger partial charge in [-0.1, -0.05) is 30.3 Å². The molecule has 1 aromatic rings. The molecule has 70 valence electrons. The highest BCUT2D eigenvalue weighted by atomic mass is 15.0. The van der Waals surface area contributed by atoms with Gasteiger partial charge in [-0.25, -0.2) is 0 Å². The maximum atomic E-state index is 3.60. The van der Waals surface area contributed by atoms with Gasteiger partial charge in [0, 0.05) is 12.1 Å². The summed E-state index contributed by atoms with van der Waals surface area (Å²) in [6, 6.07) is 12.2. The van der Waals surface area contributed by atoms with E-state index in [1.54, 1.807) is 0 Å². The van der Waals surface area contributed by atoms with Crippen molar-refractivity contribution in [3.05, 3.63) is 35.9 Å². The average molecular weight is 175 g/mol. The van der Waals surface area contributed by atoms with E-state index in [2.05, 4.69) is 42.6 Å². The van der Waals surface area contributed by atoms with Crippen LogP contribution >= 0.6 is 0 Å². The van der Waals surface area contributed by atoms with Gasteiger partial charge in [0.25, 0.3) is 0 Å². The van der Waals surface area contributed by atoms with Crippen molar-refractivity contribution in [3.63, 3.8) is 0 Å². The van der Waals surface area contributed by atoms with Crippen LogP contribution in [0, 0.1) is 0 Å². The van der Waals surface area contributed by atoms with Gasteiger partial charge < -0.3 is 5.32 Å². The number of nitrogens with one attached hydrogen (secondary N) is 1. The molecule has 1 saturated heterocycles. The van der Waals surface area contributed by atoms with Crippen LogP contribution in [0.3, 0.4) is 0 Å². The first-order chi connectivity index (χ1) is 6.34. The van der Waals surface area contributed by atoms with E-state index in [-0.39, 0.29) is 0 Å². The van der Waals surface area contributed by atoms with Crippen molar-refractivity contribution in [2.45, 2.75) is 38.3 Å². The van der Waals surface area contributed by atoms with E-state index in [0.29, 0.717) is 12.1 Å². The number of rotatable bonds is 2. The zero-order valence-corrected chi connectivity index (χ0v) is 8.16. The van der Waals surface area contributed by atoms with E-state index in [0.717, 1.165) is 0 Å². The fourth-order valence-corrected chi connectivity index (χ4v) is 2.08. The molecule has 1 fully saturated rings. The van der Waals surface area contributed by atoms with Crippen LogP contribution in [-0.2, 0) is 6.42 Å². The summed E-state index contributed by atoms with van der Waals surface area (Å²) in [7, 11) is 0. The van der Waals surface area contributed by atoms with Gasteiger partial charge in [-0.15, -0.1) is 0 Å². The highest BCUT2D eigenvalue weighted by Crippen LogP contribution is 2.15. The number of hydrogen-bond acceptors (Lipinski definition) is 1. The van der Waals surface area contributed by atoms with Crippen LogP contribution in [0.2, 0.25) is 0 Å². The molecule has 1 heterocycles. The van der Waals surface area contributed by atoms with Gasteiger partial charge in [0.05, 0.1) is 0 Å². The van der Waals surface area contributed by atoms with Crippen molar-refractivity contribution >= 4 is 0 Å². The molecule has 0 bridgehead atoms. The SMILES string of the molecule is C[C@@H]1CC[C@H](Cc2ccccc2)N1. The Morgan fingerprint density at radius 3 is 2.62 bits per heavy atom. The van der Waals surface area contributed by atoms with Gasteiger partial charge in [0.15, 0.2) is 0 Å². The monoisotopic (exact) mass is 175 g/mol. The predicted molar refractivity (Wildman–Crippen MR) is 55.8 cm³/mol. The lowest BCUT2D eigenvalue weighted by Gasteiger charge is -2.11. The Kier molecular flexibility index (Phi) is 2.65. The molecule has 1 nitrogen and oxygen atoms in total. The van der Waals surface area contributed by atoms with Gasteiger partial charge in [-0.2, -0.15) is 0 Å². The van der Waals surface area contributed by atoms with Gasteiger partial charge in [-0.05, 0) is 31.7 Å². The summed E-state index contributed by atoms with van der Waals surface area (Å²) in [5.41, 5.74) is 1.45. The molecule has 13 heavy (non-hydrogen) atoms. The Balaban J connectivity index is 1.92. The van der Waals surface area contributed by atoms with Gasteiger partial charge >= 0.3 is 0 Å². The molecule has 1 aliphatic heterocycles. The molecule has 0 aliphatic carbocycles. The predicted octanol–water partition coefficient (Wildman–Crippen LogP) is 2.37. The minimum absolute atomic E-state index is 0.706. The highest BCUT2D eigenvalue weighted by Gasteiger charge is 2.19. The summed E-state index contributed by atoms with van der Waals surface area (Å²) in [6.45, 7) is 2.27. The quantitative estimate of drug-likeness (QED) is 0.727. The van der Waals surface area contributed by atoms with E-state index >= 15 is 0 Å². The van der Waals surface area contributed by atoms with Crippen molar-refractivity contribution in [2.75, 3.05) is 0 Å². The third-order valence-corrected chi connectivity index (χ3v) is 2.79. The lowest BCUT2D eigenvalue weighted by Crippen LogP contribution is -2.28. The second kappa shape index (κ2) is 3.93. The highest BCUT2D eigenvalue weighted by molar-refractivity contribution is 5.16. The van der Waals surface area contributed by atoms with Crippen molar-refractivity contribution in [1.29, 1.82) is 0 Å². The largest absolute Gasteiger partial charge is 0.311 e. The average Bonchev–Trinajstić information content (AvgIpc) is 2.53. The van der Waals surface area contributed by atoms with Crippen LogP contribution in [0.1, 0.15) is 25.3 Å². The molecule has 2 rings (SSSR count). The first-order valence-electron chi connectivity index (χ1n) is 5.14. The van der Waals surface area contributed by atoms with Crippen molar-refractivity contribution < 1.29 is 0 Å².